The van der Waals surface area contributed by atoms with Crippen molar-refractivity contribution in [3.05, 3.63) is 11.8 Å². The Morgan fingerprint density at radius 2 is 2.26 bits per heavy atom. The zero-order valence-corrected chi connectivity index (χ0v) is 14.3. The molecular weight excluding hydrogens is 294 g/mol. The molecule has 2 fully saturated rings. The van der Waals surface area contributed by atoms with Crippen LogP contribution in [0.15, 0.2) is 10.6 Å². The predicted octanol–water partition coefficient (Wildman–Crippen LogP) is 2.41. The Labute approximate surface area is 137 Å². The third kappa shape index (κ3) is 3.93. The van der Waals surface area contributed by atoms with E-state index in [9.17, 15) is 4.79 Å². The van der Waals surface area contributed by atoms with Crippen LogP contribution < -0.4 is 5.32 Å². The molecule has 23 heavy (non-hydrogen) atoms. The van der Waals surface area contributed by atoms with Gasteiger partial charge in [0, 0.05) is 24.6 Å². The van der Waals surface area contributed by atoms with Gasteiger partial charge in [-0.15, -0.1) is 0 Å². The van der Waals surface area contributed by atoms with E-state index in [2.05, 4.69) is 36.1 Å². The Hall–Kier alpha value is -1.40. The molecule has 6 nitrogen and oxygen atoms in total. The number of nitrogens with zero attached hydrogens (tertiary/aromatic N) is 2. The fourth-order valence-electron chi connectivity index (χ4n) is 3.29. The molecule has 1 aromatic rings. The van der Waals surface area contributed by atoms with Gasteiger partial charge in [-0.2, -0.15) is 0 Å². The molecule has 0 bridgehead atoms. The summed E-state index contributed by atoms with van der Waals surface area (Å²) in [6.07, 6.45) is 3.07. The molecule has 0 saturated carbocycles. The van der Waals surface area contributed by atoms with Crippen LogP contribution in [-0.2, 0) is 14.9 Å². The quantitative estimate of drug-likeness (QED) is 0.922. The van der Waals surface area contributed by atoms with E-state index in [1.807, 2.05) is 6.07 Å². The largest absolute Gasteiger partial charge is 0.381 e. The summed E-state index contributed by atoms with van der Waals surface area (Å²) in [4.78, 5) is 14.9. The molecule has 2 unspecified atom stereocenters. The second-order valence-electron chi connectivity index (χ2n) is 7.70. The van der Waals surface area contributed by atoms with E-state index in [4.69, 9.17) is 9.26 Å². The third-order valence-corrected chi connectivity index (χ3v) is 4.71. The molecule has 1 amide bonds. The lowest BCUT2D eigenvalue weighted by molar-refractivity contribution is -0.120. The molecule has 1 N–H and O–H groups in total. The van der Waals surface area contributed by atoms with Crippen LogP contribution in [0.1, 0.15) is 45.7 Å². The van der Waals surface area contributed by atoms with Gasteiger partial charge in [0.25, 0.3) is 0 Å². The van der Waals surface area contributed by atoms with Crippen molar-refractivity contribution in [2.24, 2.45) is 5.92 Å². The van der Waals surface area contributed by atoms with Gasteiger partial charge in [-0.1, -0.05) is 25.9 Å². The number of amides is 1. The lowest BCUT2D eigenvalue weighted by Gasteiger charge is -2.25. The van der Waals surface area contributed by atoms with Crippen molar-refractivity contribution in [3.63, 3.8) is 0 Å². The second-order valence-corrected chi connectivity index (χ2v) is 7.70. The molecule has 2 atom stereocenters. The summed E-state index contributed by atoms with van der Waals surface area (Å²) in [5, 5.41) is 6.94. The van der Waals surface area contributed by atoms with E-state index >= 15 is 0 Å². The fraction of sp³-hybridized carbons (Fsp3) is 0.765. The molecule has 0 radical (unpaired) electrons. The zero-order valence-electron chi connectivity index (χ0n) is 14.3. The third-order valence-electron chi connectivity index (χ3n) is 4.71. The maximum absolute atomic E-state index is 12.6. The molecule has 2 saturated heterocycles. The highest BCUT2D eigenvalue weighted by Crippen LogP contribution is 2.26. The molecule has 2 aliphatic rings. The molecule has 0 aliphatic carbocycles. The smallest absolute Gasteiger partial charge is 0.244 e. The first-order valence-corrected chi connectivity index (χ1v) is 8.53. The number of hydrogen-bond acceptors (Lipinski definition) is 5. The number of rotatable bonds is 4. The maximum Gasteiger partial charge on any atom is 0.244 e. The summed E-state index contributed by atoms with van der Waals surface area (Å²) in [6, 6.07) is 1.75. The van der Waals surface area contributed by atoms with Gasteiger partial charge < -0.3 is 9.26 Å². The van der Waals surface area contributed by atoms with E-state index in [1.54, 1.807) is 0 Å². The minimum absolute atomic E-state index is 0.0121. The summed E-state index contributed by atoms with van der Waals surface area (Å²) in [5.41, 5.74) is 0.758. The fourth-order valence-corrected chi connectivity index (χ4v) is 3.29. The number of carbonyl (C=O) groups excluding carboxylic acids is 1. The number of aromatic nitrogens is 1. The van der Waals surface area contributed by atoms with Crippen LogP contribution >= 0.6 is 0 Å². The summed E-state index contributed by atoms with van der Waals surface area (Å²) in [7, 11) is 0. The van der Waals surface area contributed by atoms with Crippen molar-refractivity contribution in [1.82, 2.24) is 10.1 Å². The number of ether oxygens (including phenoxy) is 1. The number of carbonyl (C=O) groups is 1. The Morgan fingerprint density at radius 1 is 1.43 bits per heavy atom. The van der Waals surface area contributed by atoms with E-state index in [-0.39, 0.29) is 17.4 Å². The molecular formula is C17H27N3O3. The van der Waals surface area contributed by atoms with E-state index in [0.717, 1.165) is 51.3 Å². The van der Waals surface area contributed by atoms with Crippen molar-refractivity contribution >= 4 is 11.8 Å². The van der Waals surface area contributed by atoms with E-state index < -0.39 is 0 Å². The predicted molar refractivity (Wildman–Crippen MR) is 87.4 cm³/mol. The van der Waals surface area contributed by atoms with Gasteiger partial charge in [-0.05, 0) is 31.7 Å². The minimum Gasteiger partial charge on any atom is -0.381 e. The highest BCUT2D eigenvalue weighted by molar-refractivity contribution is 5.93. The van der Waals surface area contributed by atoms with Gasteiger partial charge in [-0.3, -0.25) is 15.0 Å². The van der Waals surface area contributed by atoms with Crippen molar-refractivity contribution < 1.29 is 14.1 Å². The first-order valence-electron chi connectivity index (χ1n) is 8.53. The highest BCUT2D eigenvalue weighted by Gasteiger charge is 2.33. The average Bonchev–Trinajstić information content (AvgIpc) is 3.18. The monoisotopic (exact) mass is 321 g/mol. The summed E-state index contributed by atoms with van der Waals surface area (Å²) in [6.45, 7) is 9.81. The Kier molecular flexibility index (Phi) is 4.73. The van der Waals surface area contributed by atoms with E-state index in [1.165, 1.54) is 0 Å². The maximum atomic E-state index is 12.6. The SMILES string of the molecule is CC(C)(C)c1cc(NC(=O)C2CCCN2CC2CCOC2)on1. The van der Waals surface area contributed by atoms with Gasteiger partial charge in [-0.25, -0.2) is 0 Å². The summed E-state index contributed by atoms with van der Waals surface area (Å²) >= 11 is 0. The molecule has 3 heterocycles. The lowest BCUT2D eigenvalue weighted by Crippen LogP contribution is -2.42. The number of likely N-dealkylation sites (tertiary alicyclic amines) is 1. The van der Waals surface area contributed by atoms with Gasteiger partial charge in [0.2, 0.25) is 11.8 Å². The molecule has 2 aliphatic heterocycles. The van der Waals surface area contributed by atoms with Crippen LogP contribution in [0.25, 0.3) is 0 Å². The van der Waals surface area contributed by atoms with Crippen LogP contribution in [0.3, 0.4) is 0 Å². The van der Waals surface area contributed by atoms with Gasteiger partial charge in [0.05, 0.1) is 18.3 Å². The van der Waals surface area contributed by atoms with Crippen LogP contribution in [-0.4, -0.2) is 48.3 Å². The molecule has 6 heteroatoms. The average molecular weight is 321 g/mol. The molecule has 1 aromatic heterocycles. The lowest BCUT2D eigenvalue weighted by atomic mass is 9.92. The van der Waals surface area contributed by atoms with Gasteiger partial charge in [0.15, 0.2) is 0 Å². The van der Waals surface area contributed by atoms with Crippen molar-refractivity contribution in [3.8, 4) is 0 Å². The van der Waals surface area contributed by atoms with Gasteiger partial charge in [0.1, 0.15) is 0 Å². The molecule has 3 rings (SSSR count). The topological polar surface area (TPSA) is 67.6 Å². The standard InChI is InChI=1S/C17H27N3O3/c1-17(2,3)14-9-15(23-19-14)18-16(21)13-5-4-7-20(13)10-12-6-8-22-11-12/h9,12-13H,4-8,10-11H2,1-3H3,(H,18,21). The molecule has 128 valence electrons. The molecule has 0 aromatic carbocycles. The first-order chi connectivity index (χ1) is 10.9. The minimum atomic E-state index is -0.0889. The van der Waals surface area contributed by atoms with Crippen LogP contribution in [0.4, 0.5) is 5.88 Å². The first kappa shape index (κ1) is 16.5. The van der Waals surface area contributed by atoms with E-state index in [0.29, 0.717) is 11.8 Å². The highest BCUT2D eigenvalue weighted by atomic mass is 16.5. The number of nitrogens with one attached hydrogen (secondary N) is 1. The van der Waals surface area contributed by atoms with Gasteiger partial charge >= 0.3 is 0 Å². The second kappa shape index (κ2) is 6.61. The Morgan fingerprint density at radius 3 is 2.91 bits per heavy atom. The Bertz CT molecular complexity index is 544. The number of anilines is 1. The zero-order chi connectivity index (χ0) is 16.4. The van der Waals surface area contributed by atoms with Crippen LogP contribution in [0.2, 0.25) is 0 Å². The van der Waals surface area contributed by atoms with Crippen molar-refractivity contribution in [2.75, 3.05) is 31.6 Å². The normalized spacial score (nSPS) is 25.9. The van der Waals surface area contributed by atoms with Crippen molar-refractivity contribution in [1.29, 1.82) is 0 Å². The van der Waals surface area contributed by atoms with Crippen molar-refractivity contribution in [2.45, 2.75) is 51.5 Å². The van der Waals surface area contributed by atoms with Crippen LogP contribution in [0, 0.1) is 5.92 Å². The Balaban J connectivity index is 1.59. The number of hydrogen-bond donors (Lipinski definition) is 1. The summed E-state index contributed by atoms with van der Waals surface area (Å²) < 4.78 is 10.7. The van der Waals surface area contributed by atoms with Crippen LogP contribution in [0.5, 0.6) is 0 Å². The summed E-state index contributed by atoms with van der Waals surface area (Å²) in [5.74, 6) is 1.01. The molecule has 0 spiro atoms.